The van der Waals surface area contributed by atoms with Crippen LogP contribution in [0.5, 0.6) is 5.75 Å². The van der Waals surface area contributed by atoms with E-state index in [-0.39, 0.29) is 5.41 Å². The van der Waals surface area contributed by atoms with Gasteiger partial charge in [-0.1, -0.05) is 13.8 Å². The summed E-state index contributed by atoms with van der Waals surface area (Å²) in [6.07, 6.45) is 9.12. The van der Waals surface area contributed by atoms with E-state index in [0.717, 1.165) is 55.6 Å². The normalized spacial score (nSPS) is 37.9. The summed E-state index contributed by atoms with van der Waals surface area (Å²) in [6, 6.07) is 8.45. The number of ketones is 1. The van der Waals surface area contributed by atoms with Crippen molar-refractivity contribution in [3.05, 3.63) is 35.5 Å². The third-order valence-electron chi connectivity index (χ3n) is 10.4. The van der Waals surface area contributed by atoms with Gasteiger partial charge in [-0.3, -0.25) is 9.48 Å². The number of methoxy groups -OCH3 is 1. The molecule has 4 nitrogen and oxygen atoms in total. The molecule has 1 aromatic carbocycles. The largest absolute Gasteiger partial charge is 0.497 e. The van der Waals surface area contributed by atoms with Gasteiger partial charge in [-0.25, -0.2) is 0 Å². The van der Waals surface area contributed by atoms with Gasteiger partial charge in [-0.15, -0.1) is 0 Å². The van der Waals surface area contributed by atoms with Gasteiger partial charge >= 0.3 is 0 Å². The first kappa shape index (κ1) is 20.5. The molecule has 0 bridgehead atoms. The van der Waals surface area contributed by atoms with Gasteiger partial charge in [0.1, 0.15) is 11.5 Å². The first-order valence-electron chi connectivity index (χ1n) is 12.6. The maximum atomic E-state index is 12.8. The molecule has 0 radical (unpaired) electrons. The number of carbonyl (C=O) groups excluding carboxylic acids is 1. The molecule has 6 rings (SSSR count). The number of benzene rings is 1. The van der Waals surface area contributed by atoms with E-state index >= 15 is 0 Å². The summed E-state index contributed by atoms with van der Waals surface area (Å²) >= 11 is 0. The molecular weight excluding hydrogens is 396 g/mol. The number of carbonyl (C=O) groups is 1. The lowest BCUT2D eigenvalue weighted by atomic mass is 9.45. The van der Waals surface area contributed by atoms with E-state index < -0.39 is 0 Å². The average molecular weight is 433 g/mol. The smallest absolute Gasteiger partial charge is 0.139 e. The van der Waals surface area contributed by atoms with Crippen molar-refractivity contribution in [1.29, 1.82) is 0 Å². The number of fused-ring (bicyclic) bond motifs is 6. The van der Waals surface area contributed by atoms with Crippen molar-refractivity contribution in [3.63, 3.8) is 0 Å². The fourth-order valence-electron chi connectivity index (χ4n) is 8.61. The molecule has 1 heterocycles. The molecule has 0 spiro atoms. The van der Waals surface area contributed by atoms with E-state index in [1.54, 1.807) is 7.11 Å². The lowest BCUT2D eigenvalue weighted by Crippen LogP contribution is -2.54. The zero-order valence-electron chi connectivity index (χ0n) is 20.0. The third kappa shape index (κ3) is 2.67. The van der Waals surface area contributed by atoms with Crippen molar-refractivity contribution in [2.45, 2.75) is 65.2 Å². The second kappa shape index (κ2) is 6.95. The molecule has 0 unspecified atom stereocenters. The average Bonchev–Trinajstić information content (AvgIpc) is 3.26. The van der Waals surface area contributed by atoms with Crippen LogP contribution in [-0.2, 0) is 24.7 Å². The highest BCUT2D eigenvalue weighted by atomic mass is 16.5. The predicted molar refractivity (Wildman–Crippen MR) is 125 cm³/mol. The van der Waals surface area contributed by atoms with Crippen molar-refractivity contribution in [2.24, 2.45) is 41.5 Å². The molecule has 0 aliphatic heterocycles. The fraction of sp³-hybridized carbons (Fsp3) is 0.643. The van der Waals surface area contributed by atoms with Crippen molar-refractivity contribution in [1.82, 2.24) is 9.78 Å². The van der Waals surface area contributed by atoms with Crippen molar-refractivity contribution in [3.8, 4) is 17.0 Å². The van der Waals surface area contributed by atoms with Gasteiger partial charge in [0.25, 0.3) is 0 Å². The van der Waals surface area contributed by atoms with Crippen molar-refractivity contribution in [2.75, 3.05) is 7.11 Å². The highest BCUT2D eigenvalue weighted by molar-refractivity contribution is 5.87. The van der Waals surface area contributed by atoms with E-state index in [1.165, 1.54) is 41.8 Å². The standard InChI is InChI=1S/C28H36N2O2/c1-27-14-13-23-20(22(27)11-12-25(27)31)10-7-18-15-24-21(16-28(18,23)2)26(30(3)29-24)17-5-8-19(32-4)9-6-17/h5-6,8-9,18,20,22-23H,7,10-16H2,1-4H3/t18-,20-,22-,23-,27-,28-/m0/s1. The predicted octanol–water partition coefficient (Wildman–Crippen LogP) is 5.62. The van der Waals surface area contributed by atoms with E-state index in [4.69, 9.17) is 9.84 Å². The lowest BCUT2D eigenvalue weighted by molar-refractivity contribution is -0.136. The first-order valence-corrected chi connectivity index (χ1v) is 12.6. The van der Waals surface area contributed by atoms with Gasteiger partial charge < -0.3 is 4.74 Å². The van der Waals surface area contributed by atoms with Crippen LogP contribution < -0.4 is 4.74 Å². The summed E-state index contributed by atoms with van der Waals surface area (Å²) < 4.78 is 7.49. The van der Waals surface area contributed by atoms with Gasteiger partial charge in [0.05, 0.1) is 18.5 Å². The minimum atomic E-state index is -0.0350. The topological polar surface area (TPSA) is 44.1 Å². The van der Waals surface area contributed by atoms with Crippen molar-refractivity contribution >= 4 is 5.78 Å². The Morgan fingerprint density at radius 2 is 1.84 bits per heavy atom. The summed E-state index contributed by atoms with van der Waals surface area (Å²) in [4.78, 5) is 12.8. The van der Waals surface area contributed by atoms with Gasteiger partial charge in [-0.05, 0) is 98.3 Å². The minimum Gasteiger partial charge on any atom is -0.497 e. The number of hydrogen-bond acceptors (Lipinski definition) is 3. The van der Waals surface area contributed by atoms with Gasteiger partial charge in [0, 0.05) is 30.0 Å². The molecular formula is C28H36N2O2. The van der Waals surface area contributed by atoms with Gasteiger partial charge in [-0.2, -0.15) is 5.10 Å². The molecule has 0 saturated heterocycles. The third-order valence-corrected chi connectivity index (χ3v) is 10.4. The number of nitrogens with zero attached hydrogens (tertiary/aromatic N) is 2. The second-order valence-corrected chi connectivity index (χ2v) is 11.6. The summed E-state index contributed by atoms with van der Waals surface area (Å²) in [6.45, 7) is 4.88. The SMILES string of the molecule is COc1ccc(-c2c3c(nn2C)C[C@@H]2CC[C@@H]4[C@H](CC[C@]5(C)C(=O)CC[C@@H]45)[C@@]2(C)C3)cc1. The van der Waals surface area contributed by atoms with Gasteiger partial charge in [0.2, 0.25) is 0 Å². The number of hydrogen-bond donors (Lipinski definition) is 0. The molecule has 0 amide bonds. The van der Waals surface area contributed by atoms with Gasteiger partial charge in [0.15, 0.2) is 0 Å². The number of ether oxygens (including phenoxy) is 1. The monoisotopic (exact) mass is 432 g/mol. The van der Waals surface area contributed by atoms with E-state index in [2.05, 4.69) is 49.8 Å². The highest BCUT2D eigenvalue weighted by Gasteiger charge is 2.60. The Bertz CT molecular complexity index is 1070. The highest BCUT2D eigenvalue weighted by Crippen LogP contribution is 2.65. The Kier molecular flexibility index (Phi) is 4.45. The van der Waals surface area contributed by atoms with E-state index in [1.807, 2.05) is 0 Å². The molecule has 1 aromatic heterocycles. The van der Waals surface area contributed by atoms with E-state index in [9.17, 15) is 4.79 Å². The van der Waals surface area contributed by atoms with Crippen LogP contribution in [0.15, 0.2) is 24.3 Å². The van der Waals surface area contributed by atoms with E-state index in [0.29, 0.717) is 17.1 Å². The zero-order chi connectivity index (χ0) is 22.3. The van der Waals surface area contributed by atoms with Crippen LogP contribution >= 0.6 is 0 Å². The minimum absolute atomic E-state index is 0.0350. The summed E-state index contributed by atoms with van der Waals surface area (Å²) in [5.41, 5.74) is 5.57. The van der Waals surface area contributed by atoms with Crippen LogP contribution in [0.2, 0.25) is 0 Å². The Labute approximate surface area is 191 Å². The van der Waals surface area contributed by atoms with Crippen LogP contribution in [0, 0.1) is 34.5 Å². The lowest BCUT2D eigenvalue weighted by Gasteiger charge is -2.59. The van der Waals surface area contributed by atoms with Crippen LogP contribution in [0.4, 0.5) is 0 Å². The Morgan fingerprint density at radius 3 is 2.59 bits per heavy atom. The Hall–Kier alpha value is -2.10. The number of aromatic nitrogens is 2. The Morgan fingerprint density at radius 1 is 1.06 bits per heavy atom. The molecule has 0 N–H and O–H groups in total. The molecule has 4 heteroatoms. The molecule has 3 saturated carbocycles. The number of rotatable bonds is 2. The van der Waals surface area contributed by atoms with Crippen LogP contribution in [0.3, 0.4) is 0 Å². The summed E-state index contributed by atoms with van der Waals surface area (Å²) in [7, 11) is 3.82. The summed E-state index contributed by atoms with van der Waals surface area (Å²) in [5.74, 6) is 4.24. The van der Waals surface area contributed by atoms with Crippen LogP contribution in [0.25, 0.3) is 11.3 Å². The van der Waals surface area contributed by atoms with Crippen LogP contribution in [-0.4, -0.2) is 22.7 Å². The maximum Gasteiger partial charge on any atom is 0.139 e. The fourth-order valence-corrected chi connectivity index (χ4v) is 8.61. The number of aryl methyl sites for hydroxylation is 1. The summed E-state index contributed by atoms with van der Waals surface area (Å²) in [5, 5.41) is 5.01. The molecule has 32 heavy (non-hydrogen) atoms. The molecule has 170 valence electrons. The second-order valence-electron chi connectivity index (χ2n) is 11.6. The molecule has 6 atom stereocenters. The first-order chi connectivity index (χ1) is 15.3. The van der Waals surface area contributed by atoms with Crippen molar-refractivity contribution < 1.29 is 9.53 Å². The zero-order valence-corrected chi connectivity index (χ0v) is 20.0. The molecule has 4 aliphatic carbocycles. The molecule has 3 fully saturated rings. The quantitative estimate of drug-likeness (QED) is 0.618. The number of Topliss-reactive ketones (excluding diaryl/α,β-unsaturated/α-hetero) is 1. The maximum absolute atomic E-state index is 12.8. The molecule has 4 aliphatic rings. The Balaban J connectivity index is 1.38. The molecule has 2 aromatic rings. The van der Waals surface area contributed by atoms with Crippen LogP contribution in [0.1, 0.15) is 63.6 Å².